The van der Waals surface area contributed by atoms with E-state index in [9.17, 15) is 9.59 Å². The average Bonchev–Trinajstić information content (AvgIpc) is 2.74. The minimum absolute atomic E-state index is 0.158. The highest BCUT2D eigenvalue weighted by molar-refractivity contribution is 9.11. The Bertz CT molecular complexity index is 652. The molecule has 0 aliphatic carbocycles. The van der Waals surface area contributed by atoms with E-state index in [0.29, 0.717) is 16.4 Å². The zero-order chi connectivity index (χ0) is 14.7. The summed E-state index contributed by atoms with van der Waals surface area (Å²) in [5, 5.41) is 13.3. The maximum Gasteiger partial charge on any atom is 0.309 e. The van der Waals surface area contributed by atoms with Gasteiger partial charge in [0.2, 0.25) is 0 Å². The summed E-state index contributed by atoms with van der Waals surface area (Å²) in [4.78, 5) is 26.7. The fourth-order valence-electron chi connectivity index (χ4n) is 1.45. The molecule has 2 aromatic rings. The average molecular weight is 420 g/mol. The third kappa shape index (κ3) is 4.12. The van der Waals surface area contributed by atoms with E-state index in [2.05, 4.69) is 42.2 Å². The lowest BCUT2D eigenvalue weighted by Gasteiger charge is -2.03. The number of carbonyl (C=O) groups excluding carboxylic acids is 1. The van der Waals surface area contributed by atoms with Crippen molar-refractivity contribution in [2.45, 2.75) is 6.42 Å². The molecule has 0 saturated carbocycles. The number of nitrogens with one attached hydrogen (secondary N) is 1. The molecule has 1 amide bonds. The maximum absolute atomic E-state index is 12.0. The molecular formula is C12H8Br2N2O3S. The molecule has 2 N–H and O–H groups in total. The van der Waals surface area contributed by atoms with Crippen molar-refractivity contribution in [2.24, 2.45) is 0 Å². The highest BCUT2D eigenvalue weighted by Crippen LogP contribution is 2.22. The number of carboxylic acids is 1. The summed E-state index contributed by atoms with van der Waals surface area (Å²) >= 11 is 7.81. The largest absolute Gasteiger partial charge is 0.481 e. The van der Waals surface area contributed by atoms with Crippen LogP contribution in [-0.4, -0.2) is 22.0 Å². The van der Waals surface area contributed by atoms with Crippen LogP contribution in [0.5, 0.6) is 0 Å². The summed E-state index contributed by atoms with van der Waals surface area (Å²) in [7, 11) is 0. The van der Waals surface area contributed by atoms with Gasteiger partial charge in [-0.3, -0.25) is 14.9 Å². The smallest absolute Gasteiger partial charge is 0.309 e. The summed E-state index contributed by atoms with van der Waals surface area (Å²) in [6.45, 7) is 0. The van der Waals surface area contributed by atoms with Crippen LogP contribution in [-0.2, 0) is 11.2 Å². The molecule has 2 rings (SSSR count). The summed E-state index contributed by atoms with van der Waals surface area (Å²) in [6.07, 6.45) is -0.158. The van der Waals surface area contributed by atoms with E-state index >= 15 is 0 Å². The molecule has 104 valence electrons. The van der Waals surface area contributed by atoms with Gasteiger partial charge in [0, 0.05) is 19.9 Å². The number of aromatic nitrogens is 1. The molecular weight excluding hydrogens is 412 g/mol. The van der Waals surface area contributed by atoms with Gasteiger partial charge in [-0.1, -0.05) is 31.9 Å². The summed E-state index contributed by atoms with van der Waals surface area (Å²) < 4.78 is 1.56. The van der Waals surface area contributed by atoms with Crippen LogP contribution in [0.1, 0.15) is 16.1 Å². The van der Waals surface area contributed by atoms with Crippen LogP contribution in [0.2, 0.25) is 0 Å². The van der Waals surface area contributed by atoms with Gasteiger partial charge in [-0.2, -0.15) is 0 Å². The van der Waals surface area contributed by atoms with Gasteiger partial charge in [-0.05, 0) is 18.2 Å². The Hall–Kier alpha value is -1.25. The number of hydrogen-bond acceptors (Lipinski definition) is 4. The van der Waals surface area contributed by atoms with E-state index in [1.54, 1.807) is 17.5 Å². The zero-order valence-electron chi connectivity index (χ0n) is 9.89. The van der Waals surface area contributed by atoms with Crippen LogP contribution in [0.25, 0.3) is 0 Å². The first-order valence-electron chi connectivity index (χ1n) is 5.37. The van der Waals surface area contributed by atoms with E-state index in [-0.39, 0.29) is 12.3 Å². The number of hydrogen-bond donors (Lipinski definition) is 2. The van der Waals surface area contributed by atoms with E-state index in [0.717, 1.165) is 8.95 Å². The first-order valence-corrected chi connectivity index (χ1v) is 7.84. The van der Waals surface area contributed by atoms with Crippen molar-refractivity contribution < 1.29 is 14.7 Å². The van der Waals surface area contributed by atoms with Crippen LogP contribution in [0.15, 0.2) is 32.5 Å². The number of nitrogens with zero attached hydrogens (tertiary/aromatic N) is 1. The Morgan fingerprint density at radius 2 is 1.90 bits per heavy atom. The number of carbonyl (C=O) groups is 2. The van der Waals surface area contributed by atoms with Crippen molar-refractivity contribution >= 4 is 60.2 Å². The van der Waals surface area contributed by atoms with Crippen molar-refractivity contribution in [3.05, 3.63) is 43.8 Å². The number of aliphatic carboxylic acids is 1. The van der Waals surface area contributed by atoms with Crippen molar-refractivity contribution in [3.63, 3.8) is 0 Å². The molecule has 0 aliphatic heterocycles. The van der Waals surface area contributed by atoms with Gasteiger partial charge in [0.15, 0.2) is 5.13 Å². The molecule has 0 saturated heterocycles. The van der Waals surface area contributed by atoms with Gasteiger partial charge in [0.25, 0.3) is 5.91 Å². The van der Waals surface area contributed by atoms with Gasteiger partial charge < -0.3 is 5.11 Å². The van der Waals surface area contributed by atoms with Crippen molar-refractivity contribution in [1.29, 1.82) is 0 Å². The molecule has 1 aromatic carbocycles. The highest BCUT2D eigenvalue weighted by Gasteiger charge is 2.11. The Balaban J connectivity index is 2.11. The summed E-state index contributed by atoms with van der Waals surface area (Å²) in [6, 6.07) is 5.20. The molecule has 1 aromatic heterocycles. The van der Waals surface area contributed by atoms with Crippen molar-refractivity contribution in [2.75, 3.05) is 5.32 Å². The van der Waals surface area contributed by atoms with Gasteiger partial charge in [-0.25, -0.2) is 4.98 Å². The van der Waals surface area contributed by atoms with Crippen LogP contribution in [0.4, 0.5) is 5.13 Å². The second kappa shape index (κ2) is 6.47. The SMILES string of the molecule is O=C(O)Cc1csc(NC(=O)c2cc(Br)cc(Br)c2)n1. The Kier molecular flexibility index (Phi) is 4.90. The molecule has 0 spiro atoms. The third-order valence-corrected chi connectivity index (χ3v) is 3.95. The molecule has 5 nitrogen and oxygen atoms in total. The zero-order valence-corrected chi connectivity index (χ0v) is 13.9. The van der Waals surface area contributed by atoms with Gasteiger partial charge in [-0.15, -0.1) is 11.3 Å². The Labute approximate surface area is 135 Å². The molecule has 0 bridgehead atoms. The van der Waals surface area contributed by atoms with Crippen molar-refractivity contribution in [3.8, 4) is 0 Å². The van der Waals surface area contributed by atoms with E-state index < -0.39 is 5.97 Å². The fraction of sp³-hybridized carbons (Fsp3) is 0.0833. The van der Waals surface area contributed by atoms with Crippen LogP contribution >= 0.6 is 43.2 Å². The minimum Gasteiger partial charge on any atom is -0.481 e. The lowest BCUT2D eigenvalue weighted by Crippen LogP contribution is -2.12. The third-order valence-electron chi connectivity index (χ3n) is 2.23. The molecule has 0 atom stereocenters. The molecule has 0 unspecified atom stereocenters. The molecule has 1 heterocycles. The molecule has 0 fully saturated rings. The monoisotopic (exact) mass is 418 g/mol. The number of thiazole rings is 1. The quantitative estimate of drug-likeness (QED) is 0.794. The standard InChI is InChI=1S/C12H8Br2N2O3S/c13-7-1-6(2-8(14)3-7)11(19)16-12-15-9(5-20-12)4-10(17)18/h1-3,5H,4H2,(H,17,18)(H,15,16,19). The van der Waals surface area contributed by atoms with E-state index in [1.807, 2.05) is 6.07 Å². The molecule has 20 heavy (non-hydrogen) atoms. The molecule has 8 heteroatoms. The van der Waals surface area contributed by atoms with Crippen LogP contribution in [0, 0.1) is 0 Å². The molecule has 0 aliphatic rings. The fourth-order valence-corrected chi connectivity index (χ4v) is 3.45. The normalized spacial score (nSPS) is 10.3. The lowest BCUT2D eigenvalue weighted by molar-refractivity contribution is -0.136. The van der Waals surface area contributed by atoms with Gasteiger partial charge in [0.05, 0.1) is 12.1 Å². The van der Waals surface area contributed by atoms with E-state index in [1.165, 1.54) is 11.3 Å². The van der Waals surface area contributed by atoms with Gasteiger partial charge >= 0.3 is 5.97 Å². The topological polar surface area (TPSA) is 79.3 Å². The Morgan fingerprint density at radius 1 is 1.25 bits per heavy atom. The second-order valence-corrected chi connectivity index (χ2v) is 6.52. The first kappa shape index (κ1) is 15.1. The second-order valence-electron chi connectivity index (χ2n) is 3.83. The number of amides is 1. The summed E-state index contributed by atoms with van der Waals surface area (Å²) in [5.41, 5.74) is 0.898. The predicted molar refractivity (Wildman–Crippen MR) is 83.2 cm³/mol. The van der Waals surface area contributed by atoms with Crippen molar-refractivity contribution in [1.82, 2.24) is 4.98 Å². The van der Waals surface area contributed by atoms with Gasteiger partial charge in [0.1, 0.15) is 0 Å². The number of anilines is 1. The first-order chi connectivity index (χ1) is 9.44. The summed E-state index contributed by atoms with van der Waals surface area (Å²) in [5.74, 6) is -1.26. The minimum atomic E-state index is -0.955. The van der Waals surface area contributed by atoms with Crippen LogP contribution < -0.4 is 5.32 Å². The number of halogens is 2. The molecule has 0 radical (unpaired) electrons. The predicted octanol–water partition coefficient (Wildman–Crippen LogP) is 3.55. The van der Waals surface area contributed by atoms with E-state index in [4.69, 9.17) is 5.11 Å². The Morgan fingerprint density at radius 3 is 2.50 bits per heavy atom. The lowest BCUT2D eigenvalue weighted by atomic mass is 10.2. The maximum atomic E-state index is 12.0. The van der Waals surface area contributed by atoms with Crippen LogP contribution in [0.3, 0.4) is 0 Å². The number of benzene rings is 1. The highest BCUT2D eigenvalue weighted by atomic mass is 79.9. The number of carboxylic acid groups (broad SMARTS) is 1. The number of rotatable bonds is 4.